The van der Waals surface area contributed by atoms with Gasteiger partial charge in [-0.15, -0.1) is 0 Å². The van der Waals surface area contributed by atoms with Crippen LogP contribution in [-0.4, -0.2) is 10.5 Å². The molecule has 176 valence electrons. The van der Waals surface area contributed by atoms with Crippen molar-refractivity contribution in [2.45, 2.75) is 64.5 Å². The number of nitrogens with two attached hydrogens (primary N) is 1. The Morgan fingerprint density at radius 1 is 1.06 bits per heavy atom. The minimum Gasteiger partial charge on any atom is -1.00 e. The van der Waals surface area contributed by atoms with Crippen molar-refractivity contribution in [3.63, 3.8) is 0 Å². The summed E-state index contributed by atoms with van der Waals surface area (Å²) in [6.45, 7) is 7.80. The number of nitrogens with zero attached hydrogens (tertiary/aromatic N) is 2. The van der Waals surface area contributed by atoms with Gasteiger partial charge in [0.2, 0.25) is 5.91 Å². The first kappa shape index (κ1) is 25.2. The molecule has 2 atom stereocenters. The first-order valence-electron chi connectivity index (χ1n) is 11.9. The molecule has 2 aromatic carbocycles. The number of aromatic nitrogens is 2. The summed E-state index contributed by atoms with van der Waals surface area (Å²) in [4.78, 5) is 13.3. The summed E-state index contributed by atoms with van der Waals surface area (Å²) in [5, 5.41) is 0. The molecule has 1 fully saturated rings. The van der Waals surface area contributed by atoms with E-state index in [1.807, 2.05) is 36.4 Å². The van der Waals surface area contributed by atoms with Crippen LogP contribution >= 0.6 is 0 Å². The maximum absolute atomic E-state index is 13.3. The molecule has 5 heteroatoms. The monoisotopic (exact) mass is 509 g/mol. The maximum atomic E-state index is 13.3. The zero-order valence-electron chi connectivity index (χ0n) is 20.0. The molecule has 0 radical (unpaired) electrons. The molecule has 2 unspecified atom stereocenters. The Balaban J connectivity index is 0.00000306. The van der Waals surface area contributed by atoms with Gasteiger partial charge in [-0.1, -0.05) is 74.5 Å². The van der Waals surface area contributed by atoms with E-state index in [9.17, 15) is 4.79 Å². The van der Waals surface area contributed by atoms with Gasteiger partial charge in [-0.3, -0.25) is 4.79 Å². The Kier molecular flexibility index (Phi) is 8.17. The Hall–Kier alpha value is -2.40. The fourth-order valence-corrected chi connectivity index (χ4v) is 5.67. The van der Waals surface area contributed by atoms with Crippen molar-refractivity contribution < 1.29 is 26.3 Å². The predicted molar refractivity (Wildman–Crippen MR) is 128 cm³/mol. The van der Waals surface area contributed by atoms with E-state index in [1.54, 1.807) is 0 Å². The fourth-order valence-electron chi connectivity index (χ4n) is 5.67. The molecule has 0 spiro atoms. The lowest BCUT2D eigenvalue weighted by molar-refractivity contribution is -0.703. The molecule has 33 heavy (non-hydrogen) atoms. The number of hydrogen-bond acceptors (Lipinski definition) is 1. The third kappa shape index (κ3) is 4.79. The lowest BCUT2D eigenvalue weighted by Gasteiger charge is -2.37. The third-order valence-corrected chi connectivity index (χ3v) is 7.40. The van der Waals surface area contributed by atoms with Crippen molar-refractivity contribution in [3.05, 3.63) is 90.0 Å². The summed E-state index contributed by atoms with van der Waals surface area (Å²) < 4.78 is 4.78. The molecule has 0 bridgehead atoms. The SMILES string of the molecule is Cc1n(C2CCC(C(C(N)=O)(c3ccccc3)c3ccccc3)C2)cc[n+]1CCC(C)C.[Br-]. The molecule has 1 aromatic heterocycles. The zero-order chi connectivity index (χ0) is 22.7. The van der Waals surface area contributed by atoms with Gasteiger partial charge in [0.1, 0.15) is 23.9 Å². The van der Waals surface area contributed by atoms with Crippen LogP contribution in [0.4, 0.5) is 0 Å². The summed E-state index contributed by atoms with van der Waals surface area (Å²) in [6, 6.07) is 20.7. The third-order valence-electron chi connectivity index (χ3n) is 7.40. The molecule has 1 saturated carbocycles. The Morgan fingerprint density at radius 2 is 1.64 bits per heavy atom. The van der Waals surface area contributed by atoms with Crippen molar-refractivity contribution in [3.8, 4) is 0 Å². The summed E-state index contributed by atoms with van der Waals surface area (Å²) in [7, 11) is 0. The molecule has 4 nitrogen and oxygen atoms in total. The smallest absolute Gasteiger partial charge is 0.253 e. The maximum Gasteiger partial charge on any atom is 0.253 e. The van der Waals surface area contributed by atoms with E-state index in [-0.39, 0.29) is 28.8 Å². The van der Waals surface area contributed by atoms with Crippen molar-refractivity contribution in [2.75, 3.05) is 0 Å². The summed E-state index contributed by atoms with van der Waals surface area (Å²) in [5.41, 5.74) is 7.44. The van der Waals surface area contributed by atoms with Crippen molar-refractivity contribution >= 4 is 5.91 Å². The van der Waals surface area contributed by atoms with Crippen LogP contribution in [0.25, 0.3) is 0 Å². The molecule has 1 heterocycles. The standard InChI is InChI=1S/C28H35N3O.BrH/c1-21(2)16-17-30-18-19-31(22(30)3)26-15-14-25(20-26)28(27(29)32,23-10-6-4-7-11-23)24-12-8-5-9-13-24;/h4-13,18-19,21,25-26H,14-17,20H2,1-3H3,(H-,29,32);1H. The number of benzene rings is 2. The highest BCUT2D eigenvalue weighted by Crippen LogP contribution is 2.49. The summed E-state index contributed by atoms with van der Waals surface area (Å²) in [6.07, 6.45) is 8.57. The van der Waals surface area contributed by atoms with Crippen molar-refractivity contribution in [1.82, 2.24) is 4.57 Å². The molecule has 0 saturated heterocycles. The van der Waals surface area contributed by atoms with E-state index in [0.717, 1.165) is 36.9 Å². The molecule has 0 aliphatic heterocycles. The number of amides is 1. The van der Waals surface area contributed by atoms with Gasteiger partial charge in [0.05, 0.1) is 6.54 Å². The number of rotatable bonds is 8. The van der Waals surface area contributed by atoms with E-state index in [1.165, 1.54) is 12.2 Å². The fraction of sp³-hybridized carbons (Fsp3) is 0.429. The second kappa shape index (κ2) is 10.7. The molecular formula is C28H36BrN3O. The van der Waals surface area contributed by atoms with Crippen LogP contribution in [0, 0.1) is 18.8 Å². The highest BCUT2D eigenvalue weighted by Gasteiger charge is 2.51. The van der Waals surface area contributed by atoms with E-state index in [2.05, 4.69) is 66.6 Å². The first-order chi connectivity index (χ1) is 15.4. The van der Waals surface area contributed by atoms with E-state index in [0.29, 0.717) is 12.0 Å². The lowest BCUT2D eigenvalue weighted by atomic mass is 9.64. The minimum absolute atomic E-state index is 0. The number of hydrogen-bond donors (Lipinski definition) is 1. The van der Waals surface area contributed by atoms with Crippen molar-refractivity contribution in [1.29, 1.82) is 0 Å². The van der Waals surface area contributed by atoms with Crippen LogP contribution in [0.1, 0.15) is 62.5 Å². The average Bonchev–Trinajstić information content (AvgIpc) is 3.41. The number of carbonyl (C=O) groups is 1. The Morgan fingerprint density at radius 3 is 2.15 bits per heavy atom. The number of halogens is 1. The normalized spacial score (nSPS) is 18.3. The van der Waals surface area contributed by atoms with Crippen LogP contribution in [0.2, 0.25) is 0 Å². The number of primary amides is 1. The molecular weight excluding hydrogens is 474 g/mol. The van der Waals surface area contributed by atoms with Crippen LogP contribution in [0.5, 0.6) is 0 Å². The number of imidazole rings is 1. The van der Waals surface area contributed by atoms with Gasteiger partial charge in [-0.2, -0.15) is 0 Å². The molecule has 3 aromatic rings. The van der Waals surface area contributed by atoms with Gasteiger partial charge in [0.25, 0.3) is 5.82 Å². The average molecular weight is 511 g/mol. The highest BCUT2D eigenvalue weighted by atomic mass is 79.9. The second-order valence-corrected chi connectivity index (χ2v) is 9.70. The Bertz CT molecular complexity index is 1010. The van der Waals surface area contributed by atoms with Gasteiger partial charge in [-0.05, 0) is 48.6 Å². The number of carbonyl (C=O) groups excluding carboxylic acids is 1. The first-order valence-corrected chi connectivity index (χ1v) is 11.9. The summed E-state index contributed by atoms with van der Waals surface area (Å²) >= 11 is 0. The molecule has 1 amide bonds. The summed E-state index contributed by atoms with van der Waals surface area (Å²) in [5.74, 6) is 1.88. The van der Waals surface area contributed by atoms with Crippen LogP contribution in [0.15, 0.2) is 73.1 Å². The van der Waals surface area contributed by atoms with Gasteiger partial charge in [-0.25, -0.2) is 9.13 Å². The molecule has 1 aliphatic rings. The minimum atomic E-state index is -0.814. The second-order valence-electron chi connectivity index (χ2n) is 9.70. The zero-order valence-corrected chi connectivity index (χ0v) is 21.5. The van der Waals surface area contributed by atoms with Crippen molar-refractivity contribution in [2.24, 2.45) is 17.6 Å². The van der Waals surface area contributed by atoms with Crippen LogP contribution < -0.4 is 27.3 Å². The largest absolute Gasteiger partial charge is 1.00 e. The van der Waals surface area contributed by atoms with Crippen LogP contribution in [0.3, 0.4) is 0 Å². The van der Waals surface area contributed by atoms with E-state index in [4.69, 9.17) is 5.73 Å². The van der Waals surface area contributed by atoms with Crippen LogP contribution in [-0.2, 0) is 16.8 Å². The van der Waals surface area contributed by atoms with E-state index >= 15 is 0 Å². The molecule has 2 N–H and O–H groups in total. The number of aryl methyl sites for hydroxylation is 1. The topological polar surface area (TPSA) is 51.9 Å². The lowest BCUT2D eigenvalue weighted by Crippen LogP contribution is -3.00. The highest BCUT2D eigenvalue weighted by molar-refractivity contribution is 5.91. The predicted octanol–water partition coefficient (Wildman–Crippen LogP) is 1.95. The molecule has 1 aliphatic carbocycles. The van der Waals surface area contributed by atoms with E-state index < -0.39 is 5.41 Å². The van der Waals surface area contributed by atoms with Gasteiger partial charge in [0, 0.05) is 6.92 Å². The van der Waals surface area contributed by atoms with Gasteiger partial charge in [0.15, 0.2) is 0 Å². The quantitative estimate of drug-likeness (QED) is 0.463. The van der Waals surface area contributed by atoms with Gasteiger partial charge < -0.3 is 22.7 Å². The van der Waals surface area contributed by atoms with Gasteiger partial charge >= 0.3 is 0 Å². The molecule has 4 rings (SSSR count). The Labute approximate surface area is 208 Å².